The minimum absolute atomic E-state index is 0. The molecule has 0 saturated carbocycles. The van der Waals surface area contributed by atoms with Crippen LogP contribution in [-0.2, 0) is 6.54 Å². The van der Waals surface area contributed by atoms with Gasteiger partial charge >= 0.3 is 0 Å². The van der Waals surface area contributed by atoms with Gasteiger partial charge in [-0.05, 0) is 50.6 Å². The van der Waals surface area contributed by atoms with Crippen LogP contribution in [0.1, 0.15) is 31.6 Å². The summed E-state index contributed by atoms with van der Waals surface area (Å²) < 4.78 is 0. The SMILES string of the molecule is CCNC(=NCC1CCCN(Cc2cccs2)C1)NCC.I. The topological polar surface area (TPSA) is 39.7 Å². The molecule has 1 saturated heterocycles. The van der Waals surface area contributed by atoms with Gasteiger partial charge in [0.25, 0.3) is 0 Å². The van der Waals surface area contributed by atoms with Crippen LogP contribution in [0.4, 0.5) is 0 Å². The second-order valence-corrected chi connectivity index (χ2v) is 6.60. The molecule has 1 aliphatic rings. The minimum atomic E-state index is 0. The van der Waals surface area contributed by atoms with Crippen molar-refractivity contribution in [3.05, 3.63) is 22.4 Å². The maximum absolute atomic E-state index is 4.73. The van der Waals surface area contributed by atoms with Gasteiger partial charge in [-0.3, -0.25) is 9.89 Å². The monoisotopic (exact) mass is 436 g/mol. The van der Waals surface area contributed by atoms with E-state index in [0.717, 1.165) is 32.1 Å². The molecule has 22 heavy (non-hydrogen) atoms. The molecule has 1 fully saturated rings. The fourth-order valence-electron chi connectivity index (χ4n) is 2.80. The van der Waals surface area contributed by atoms with Crippen LogP contribution in [0.3, 0.4) is 0 Å². The molecule has 0 bridgehead atoms. The Kier molecular flexibility index (Phi) is 10.1. The van der Waals surface area contributed by atoms with Crippen LogP contribution in [0.2, 0.25) is 0 Å². The number of hydrogen-bond donors (Lipinski definition) is 2. The number of rotatable bonds is 6. The second-order valence-electron chi connectivity index (χ2n) is 5.57. The van der Waals surface area contributed by atoms with Crippen molar-refractivity contribution < 1.29 is 0 Å². The number of guanidine groups is 1. The zero-order valence-electron chi connectivity index (χ0n) is 13.7. The average Bonchev–Trinajstić information content (AvgIpc) is 2.99. The number of nitrogens with one attached hydrogen (secondary N) is 2. The molecule has 1 aromatic heterocycles. The summed E-state index contributed by atoms with van der Waals surface area (Å²) in [5, 5.41) is 8.76. The third-order valence-corrected chi connectivity index (χ3v) is 4.62. The zero-order valence-corrected chi connectivity index (χ0v) is 16.8. The first-order valence-corrected chi connectivity index (χ1v) is 8.96. The van der Waals surface area contributed by atoms with Crippen LogP contribution in [-0.4, -0.2) is 43.6 Å². The van der Waals surface area contributed by atoms with Gasteiger partial charge in [0, 0.05) is 37.6 Å². The molecule has 4 nitrogen and oxygen atoms in total. The number of halogens is 1. The van der Waals surface area contributed by atoms with Gasteiger partial charge in [-0.25, -0.2) is 0 Å². The molecule has 126 valence electrons. The number of thiophene rings is 1. The van der Waals surface area contributed by atoms with Crippen LogP contribution in [0, 0.1) is 5.92 Å². The highest BCUT2D eigenvalue weighted by Crippen LogP contribution is 2.20. The first-order valence-electron chi connectivity index (χ1n) is 8.08. The van der Waals surface area contributed by atoms with Crippen molar-refractivity contribution in [2.75, 3.05) is 32.7 Å². The summed E-state index contributed by atoms with van der Waals surface area (Å²) in [5.74, 6) is 1.64. The highest BCUT2D eigenvalue weighted by Gasteiger charge is 2.20. The van der Waals surface area contributed by atoms with Crippen molar-refractivity contribution in [1.82, 2.24) is 15.5 Å². The molecule has 0 spiro atoms. The Labute approximate surface area is 155 Å². The van der Waals surface area contributed by atoms with E-state index >= 15 is 0 Å². The van der Waals surface area contributed by atoms with Crippen molar-refractivity contribution in [3.63, 3.8) is 0 Å². The molecule has 1 aromatic rings. The van der Waals surface area contributed by atoms with Crippen molar-refractivity contribution >= 4 is 41.3 Å². The molecule has 0 radical (unpaired) electrons. The van der Waals surface area contributed by atoms with Gasteiger partial charge in [-0.2, -0.15) is 0 Å². The van der Waals surface area contributed by atoms with Gasteiger partial charge in [0.15, 0.2) is 5.96 Å². The van der Waals surface area contributed by atoms with Crippen molar-refractivity contribution in [2.24, 2.45) is 10.9 Å². The van der Waals surface area contributed by atoms with E-state index in [-0.39, 0.29) is 24.0 Å². The lowest BCUT2D eigenvalue weighted by Gasteiger charge is -2.31. The van der Waals surface area contributed by atoms with Crippen LogP contribution in [0.5, 0.6) is 0 Å². The second kappa shape index (κ2) is 11.2. The lowest BCUT2D eigenvalue weighted by Crippen LogP contribution is -2.39. The molecule has 2 heterocycles. The molecule has 1 aliphatic heterocycles. The van der Waals surface area contributed by atoms with Crippen molar-refractivity contribution in [1.29, 1.82) is 0 Å². The zero-order chi connectivity index (χ0) is 14.9. The van der Waals surface area contributed by atoms with Crippen LogP contribution < -0.4 is 10.6 Å². The molecule has 0 aromatic carbocycles. The summed E-state index contributed by atoms with van der Waals surface area (Å²) in [6, 6.07) is 4.38. The smallest absolute Gasteiger partial charge is 0.191 e. The third-order valence-electron chi connectivity index (χ3n) is 3.76. The minimum Gasteiger partial charge on any atom is -0.357 e. The van der Waals surface area contributed by atoms with E-state index in [2.05, 4.69) is 46.9 Å². The third kappa shape index (κ3) is 6.83. The summed E-state index contributed by atoms with van der Waals surface area (Å²) >= 11 is 1.86. The average molecular weight is 436 g/mol. The van der Waals surface area contributed by atoms with Gasteiger partial charge < -0.3 is 10.6 Å². The van der Waals surface area contributed by atoms with E-state index < -0.39 is 0 Å². The fraction of sp³-hybridized carbons (Fsp3) is 0.688. The standard InChI is InChI=1S/C16H28N4S.HI/c1-3-17-16(18-4-2)19-11-14-7-5-9-20(12-14)13-15-8-6-10-21-15;/h6,8,10,14H,3-5,7,9,11-13H2,1-2H3,(H2,17,18,19);1H. The lowest BCUT2D eigenvalue weighted by molar-refractivity contribution is 0.172. The molecule has 0 amide bonds. The van der Waals surface area contributed by atoms with E-state index in [1.54, 1.807) is 0 Å². The van der Waals surface area contributed by atoms with Gasteiger partial charge in [0.1, 0.15) is 0 Å². The number of piperidine rings is 1. The Hall–Kier alpha value is -0.340. The first-order chi connectivity index (χ1) is 10.3. The number of likely N-dealkylation sites (tertiary alicyclic amines) is 1. The maximum atomic E-state index is 4.73. The normalized spacial score (nSPS) is 18.4. The molecule has 6 heteroatoms. The molecule has 1 unspecified atom stereocenters. The number of hydrogen-bond acceptors (Lipinski definition) is 3. The van der Waals surface area contributed by atoms with E-state index in [1.165, 1.54) is 30.8 Å². The molecule has 1 atom stereocenters. The molecular weight excluding hydrogens is 407 g/mol. The number of aliphatic imine (C=N–C) groups is 1. The highest BCUT2D eigenvalue weighted by molar-refractivity contribution is 14.0. The van der Waals surface area contributed by atoms with Gasteiger partial charge in [-0.1, -0.05) is 6.07 Å². The van der Waals surface area contributed by atoms with Gasteiger partial charge in [0.2, 0.25) is 0 Å². The molecular formula is C16H29IN4S. The maximum Gasteiger partial charge on any atom is 0.191 e. The Morgan fingerprint density at radius 1 is 1.36 bits per heavy atom. The van der Waals surface area contributed by atoms with Crippen molar-refractivity contribution in [2.45, 2.75) is 33.2 Å². The number of nitrogens with zero attached hydrogens (tertiary/aromatic N) is 2. The van der Waals surface area contributed by atoms with E-state index in [0.29, 0.717) is 5.92 Å². The lowest BCUT2D eigenvalue weighted by atomic mass is 9.98. The van der Waals surface area contributed by atoms with E-state index in [9.17, 15) is 0 Å². The van der Waals surface area contributed by atoms with E-state index in [4.69, 9.17) is 4.99 Å². The summed E-state index contributed by atoms with van der Waals surface area (Å²) in [5.41, 5.74) is 0. The Balaban J connectivity index is 0.00000242. The summed E-state index contributed by atoms with van der Waals surface area (Å²) in [6.45, 7) is 10.5. The Bertz CT molecular complexity index is 414. The Morgan fingerprint density at radius 2 is 2.14 bits per heavy atom. The molecule has 2 rings (SSSR count). The highest BCUT2D eigenvalue weighted by atomic mass is 127. The van der Waals surface area contributed by atoms with Gasteiger partial charge in [0.05, 0.1) is 0 Å². The summed E-state index contributed by atoms with van der Waals surface area (Å²) in [6.07, 6.45) is 2.60. The molecule has 2 N–H and O–H groups in total. The van der Waals surface area contributed by atoms with Crippen LogP contribution >= 0.6 is 35.3 Å². The van der Waals surface area contributed by atoms with E-state index in [1.807, 2.05) is 11.3 Å². The summed E-state index contributed by atoms with van der Waals surface area (Å²) in [7, 11) is 0. The Morgan fingerprint density at radius 3 is 2.77 bits per heavy atom. The largest absolute Gasteiger partial charge is 0.357 e. The van der Waals surface area contributed by atoms with Gasteiger partial charge in [-0.15, -0.1) is 35.3 Å². The predicted octanol–water partition coefficient (Wildman–Crippen LogP) is 3.15. The van der Waals surface area contributed by atoms with Crippen LogP contribution in [0.25, 0.3) is 0 Å². The summed E-state index contributed by atoms with van der Waals surface area (Å²) in [4.78, 5) is 8.78. The van der Waals surface area contributed by atoms with Crippen molar-refractivity contribution in [3.8, 4) is 0 Å². The van der Waals surface area contributed by atoms with Crippen LogP contribution in [0.15, 0.2) is 22.5 Å². The predicted molar refractivity (Wildman–Crippen MR) is 107 cm³/mol. The fourth-order valence-corrected chi connectivity index (χ4v) is 3.54. The molecule has 0 aliphatic carbocycles. The quantitative estimate of drug-likeness (QED) is 0.409. The first kappa shape index (κ1) is 19.7.